The highest BCUT2D eigenvalue weighted by Crippen LogP contribution is 2.64. The van der Waals surface area contributed by atoms with E-state index in [2.05, 4.69) is 40.0 Å². The SMILES string of the molecule is CC1(C)[C@@H](CN)[C@@H]1c1[nH]ncc1Br. The number of rotatable bonds is 2. The van der Waals surface area contributed by atoms with E-state index >= 15 is 0 Å². The fraction of sp³-hybridized carbons (Fsp3) is 0.667. The summed E-state index contributed by atoms with van der Waals surface area (Å²) in [6.07, 6.45) is 1.80. The van der Waals surface area contributed by atoms with Crippen molar-refractivity contribution in [3.8, 4) is 0 Å². The van der Waals surface area contributed by atoms with Crippen molar-refractivity contribution in [2.24, 2.45) is 17.1 Å². The summed E-state index contributed by atoms with van der Waals surface area (Å²) in [7, 11) is 0. The molecule has 0 aromatic carbocycles. The Morgan fingerprint density at radius 3 is 2.77 bits per heavy atom. The quantitative estimate of drug-likeness (QED) is 0.834. The molecule has 72 valence electrons. The summed E-state index contributed by atoms with van der Waals surface area (Å²) in [4.78, 5) is 0. The van der Waals surface area contributed by atoms with E-state index in [4.69, 9.17) is 5.73 Å². The molecule has 2 rings (SSSR count). The van der Waals surface area contributed by atoms with Gasteiger partial charge < -0.3 is 5.73 Å². The molecule has 0 spiro atoms. The van der Waals surface area contributed by atoms with Crippen molar-refractivity contribution in [2.45, 2.75) is 19.8 Å². The average Bonchev–Trinajstić information content (AvgIpc) is 2.41. The van der Waals surface area contributed by atoms with Crippen molar-refractivity contribution in [3.05, 3.63) is 16.4 Å². The lowest BCUT2D eigenvalue weighted by Crippen LogP contribution is -2.05. The molecule has 3 N–H and O–H groups in total. The van der Waals surface area contributed by atoms with Gasteiger partial charge in [-0.05, 0) is 33.8 Å². The number of H-pyrrole nitrogens is 1. The first-order valence-electron chi connectivity index (χ1n) is 4.48. The Morgan fingerprint density at radius 1 is 1.69 bits per heavy atom. The van der Waals surface area contributed by atoms with E-state index in [0.29, 0.717) is 17.3 Å². The molecule has 1 aromatic rings. The highest BCUT2D eigenvalue weighted by atomic mass is 79.9. The van der Waals surface area contributed by atoms with Gasteiger partial charge in [0.05, 0.1) is 16.4 Å². The Kier molecular flexibility index (Phi) is 2.00. The van der Waals surface area contributed by atoms with E-state index in [9.17, 15) is 0 Å². The van der Waals surface area contributed by atoms with Gasteiger partial charge in [-0.2, -0.15) is 5.10 Å². The van der Waals surface area contributed by atoms with Gasteiger partial charge in [0.15, 0.2) is 0 Å². The molecule has 1 saturated carbocycles. The van der Waals surface area contributed by atoms with Gasteiger partial charge in [0.2, 0.25) is 0 Å². The topological polar surface area (TPSA) is 54.7 Å². The standard InChI is InChI=1S/C9H14BrN3/c1-9(2)5(3-11)7(9)8-6(10)4-12-13-8/h4-5,7H,3,11H2,1-2H3,(H,12,13)/t5-,7+/m0/s1. The van der Waals surface area contributed by atoms with Crippen LogP contribution in [0.3, 0.4) is 0 Å². The van der Waals surface area contributed by atoms with Gasteiger partial charge in [0.1, 0.15) is 0 Å². The molecule has 1 aliphatic rings. The minimum absolute atomic E-state index is 0.323. The first-order valence-corrected chi connectivity index (χ1v) is 5.27. The lowest BCUT2D eigenvalue weighted by atomic mass is 10.1. The van der Waals surface area contributed by atoms with Crippen molar-refractivity contribution in [2.75, 3.05) is 6.54 Å². The molecule has 1 fully saturated rings. The van der Waals surface area contributed by atoms with Crippen molar-refractivity contribution in [3.63, 3.8) is 0 Å². The van der Waals surface area contributed by atoms with E-state index in [0.717, 1.165) is 11.0 Å². The van der Waals surface area contributed by atoms with Crippen LogP contribution in [0.15, 0.2) is 10.7 Å². The number of nitrogens with one attached hydrogen (secondary N) is 1. The Balaban J connectivity index is 2.26. The van der Waals surface area contributed by atoms with Crippen LogP contribution < -0.4 is 5.73 Å². The van der Waals surface area contributed by atoms with Crippen LogP contribution in [0, 0.1) is 11.3 Å². The van der Waals surface area contributed by atoms with Gasteiger partial charge in [0.25, 0.3) is 0 Å². The van der Waals surface area contributed by atoms with Crippen molar-refractivity contribution in [1.29, 1.82) is 0 Å². The molecular formula is C9H14BrN3. The number of nitrogens with two attached hydrogens (primary N) is 1. The molecule has 0 bridgehead atoms. The lowest BCUT2D eigenvalue weighted by Gasteiger charge is -1.99. The van der Waals surface area contributed by atoms with Crippen LogP contribution in [0.5, 0.6) is 0 Å². The third-order valence-corrected chi connectivity index (χ3v) is 3.87. The van der Waals surface area contributed by atoms with Gasteiger partial charge in [-0.25, -0.2) is 0 Å². The Labute approximate surface area is 86.2 Å². The molecule has 13 heavy (non-hydrogen) atoms. The molecule has 2 atom stereocenters. The number of nitrogens with zero attached hydrogens (tertiary/aromatic N) is 1. The summed E-state index contributed by atoms with van der Waals surface area (Å²) in [5.74, 6) is 1.12. The maximum atomic E-state index is 5.71. The molecule has 1 heterocycles. The zero-order valence-corrected chi connectivity index (χ0v) is 9.43. The summed E-state index contributed by atoms with van der Waals surface area (Å²) in [5, 5.41) is 7.04. The summed E-state index contributed by atoms with van der Waals surface area (Å²) < 4.78 is 1.07. The monoisotopic (exact) mass is 243 g/mol. The third kappa shape index (κ3) is 1.23. The van der Waals surface area contributed by atoms with Crippen LogP contribution in [-0.4, -0.2) is 16.7 Å². The van der Waals surface area contributed by atoms with Gasteiger partial charge in [-0.1, -0.05) is 13.8 Å². The molecule has 1 aromatic heterocycles. The maximum Gasteiger partial charge on any atom is 0.0632 e. The number of hydrogen-bond acceptors (Lipinski definition) is 2. The third-order valence-electron chi connectivity index (χ3n) is 3.24. The highest BCUT2D eigenvalue weighted by molar-refractivity contribution is 9.10. The van der Waals surface area contributed by atoms with Crippen molar-refractivity contribution in [1.82, 2.24) is 10.2 Å². The second-order valence-electron chi connectivity index (χ2n) is 4.27. The Bertz CT molecular complexity index is 318. The average molecular weight is 244 g/mol. The maximum absolute atomic E-state index is 5.71. The molecule has 1 aliphatic carbocycles. The molecular weight excluding hydrogens is 230 g/mol. The first kappa shape index (κ1) is 9.21. The lowest BCUT2D eigenvalue weighted by molar-refractivity contribution is 0.557. The minimum atomic E-state index is 0.323. The predicted octanol–water partition coefficient (Wildman–Crippen LogP) is 1.87. The number of aromatic nitrogens is 2. The second kappa shape index (κ2) is 2.82. The van der Waals surface area contributed by atoms with Crippen LogP contribution in [0.1, 0.15) is 25.5 Å². The zero-order chi connectivity index (χ0) is 9.64. The van der Waals surface area contributed by atoms with E-state index in [1.165, 1.54) is 5.69 Å². The number of hydrogen-bond donors (Lipinski definition) is 2. The molecule has 0 aliphatic heterocycles. The van der Waals surface area contributed by atoms with Gasteiger partial charge >= 0.3 is 0 Å². The van der Waals surface area contributed by atoms with Gasteiger partial charge in [-0.15, -0.1) is 0 Å². The summed E-state index contributed by atoms with van der Waals surface area (Å²) >= 11 is 3.48. The molecule has 0 amide bonds. The summed E-state index contributed by atoms with van der Waals surface area (Å²) in [6.45, 7) is 5.26. The summed E-state index contributed by atoms with van der Waals surface area (Å²) in [6, 6.07) is 0. The van der Waals surface area contributed by atoms with E-state index in [1.54, 1.807) is 6.20 Å². The van der Waals surface area contributed by atoms with Crippen molar-refractivity contribution < 1.29 is 0 Å². The Hall–Kier alpha value is -0.350. The molecule has 0 unspecified atom stereocenters. The van der Waals surface area contributed by atoms with Crippen LogP contribution in [-0.2, 0) is 0 Å². The van der Waals surface area contributed by atoms with Crippen molar-refractivity contribution >= 4 is 15.9 Å². The van der Waals surface area contributed by atoms with Crippen LogP contribution in [0.25, 0.3) is 0 Å². The smallest absolute Gasteiger partial charge is 0.0632 e. The van der Waals surface area contributed by atoms with Crippen LogP contribution in [0.2, 0.25) is 0 Å². The predicted molar refractivity (Wildman–Crippen MR) is 55.4 cm³/mol. The normalized spacial score (nSPS) is 30.5. The van der Waals surface area contributed by atoms with Crippen LogP contribution >= 0.6 is 15.9 Å². The van der Waals surface area contributed by atoms with E-state index in [-0.39, 0.29) is 0 Å². The van der Waals surface area contributed by atoms with Gasteiger partial charge in [-0.3, -0.25) is 5.10 Å². The van der Waals surface area contributed by atoms with E-state index < -0.39 is 0 Å². The zero-order valence-electron chi connectivity index (χ0n) is 7.84. The molecule has 4 heteroatoms. The molecule has 0 saturated heterocycles. The second-order valence-corrected chi connectivity index (χ2v) is 5.13. The number of halogens is 1. The Morgan fingerprint density at radius 2 is 2.38 bits per heavy atom. The summed E-state index contributed by atoms with van der Waals surface area (Å²) in [5.41, 5.74) is 7.22. The molecule has 3 nitrogen and oxygen atoms in total. The fourth-order valence-corrected chi connectivity index (χ4v) is 2.69. The molecule has 0 radical (unpaired) electrons. The minimum Gasteiger partial charge on any atom is -0.330 e. The highest BCUT2D eigenvalue weighted by Gasteiger charge is 2.58. The first-order chi connectivity index (χ1) is 6.09. The largest absolute Gasteiger partial charge is 0.330 e. The van der Waals surface area contributed by atoms with E-state index in [1.807, 2.05) is 0 Å². The number of aromatic amines is 1. The van der Waals surface area contributed by atoms with Crippen LogP contribution in [0.4, 0.5) is 0 Å². The fourth-order valence-electron chi connectivity index (χ4n) is 2.26. The van der Waals surface area contributed by atoms with Gasteiger partial charge in [0, 0.05) is 5.92 Å².